The molecule has 35 heavy (non-hydrogen) atoms. The van der Waals surface area contributed by atoms with Crippen LogP contribution in [0.2, 0.25) is 0 Å². The van der Waals surface area contributed by atoms with E-state index in [2.05, 4.69) is 30.7 Å². The van der Waals surface area contributed by atoms with Crippen molar-refractivity contribution >= 4 is 17.2 Å². The first-order chi connectivity index (χ1) is 16.8. The molecule has 7 heteroatoms. The number of amides is 1. The topological polar surface area (TPSA) is 55.3 Å². The third-order valence-corrected chi connectivity index (χ3v) is 6.92. The minimum absolute atomic E-state index is 0.0296. The number of nitrogens with zero attached hydrogens (tertiary/aromatic N) is 3. The van der Waals surface area contributed by atoms with Crippen LogP contribution >= 0.6 is 11.3 Å². The van der Waals surface area contributed by atoms with Crippen molar-refractivity contribution in [2.45, 2.75) is 66.8 Å². The highest BCUT2D eigenvalue weighted by atomic mass is 32.1. The van der Waals surface area contributed by atoms with Gasteiger partial charge in [-0.05, 0) is 31.9 Å². The van der Waals surface area contributed by atoms with E-state index in [1.807, 2.05) is 56.3 Å². The standard InChI is InChI=1S/C26H32FN3O2S.C2H6/c1-6-12-26(4,17-32-23-11-9-19(27)16-29-23)22(7-2)30(5)25(31)21-15-18(3)8-10-20(21)24-28-13-14-33-24;1-2/h8-11,13-16,22H,6-7,12,17H2,1-5H3;1-2H3. The average molecular weight is 500 g/mol. The van der Waals surface area contributed by atoms with Crippen molar-refractivity contribution in [3.05, 3.63) is 65.0 Å². The third kappa shape index (κ3) is 7.10. The van der Waals surface area contributed by atoms with E-state index in [4.69, 9.17) is 4.74 Å². The number of rotatable bonds is 10. The van der Waals surface area contributed by atoms with Crippen LogP contribution < -0.4 is 4.74 Å². The number of benzene rings is 1. The summed E-state index contributed by atoms with van der Waals surface area (Å²) in [5, 5.41) is 2.75. The van der Waals surface area contributed by atoms with Gasteiger partial charge < -0.3 is 9.64 Å². The van der Waals surface area contributed by atoms with Crippen LogP contribution in [0.25, 0.3) is 10.6 Å². The van der Waals surface area contributed by atoms with Gasteiger partial charge in [-0.25, -0.2) is 14.4 Å². The van der Waals surface area contributed by atoms with Crippen molar-refractivity contribution in [3.8, 4) is 16.5 Å². The van der Waals surface area contributed by atoms with Gasteiger partial charge in [0.25, 0.3) is 5.91 Å². The Morgan fingerprint density at radius 2 is 1.94 bits per heavy atom. The maximum Gasteiger partial charge on any atom is 0.254 e. The zero-order valence-corrected chi connectivity index (χ0v) is 22.8. The van der Waals surface area contributed by atoms with Gasteiger partial charge in [-0.3, -0.25) is 4.79 Å². The zero-order chi connectivity index (χ0) is 26.0. The van der Waals surface area contributed by atoms with Crippen LogP contribution in [0.5, 0.6) is 5.88 Å². The van der Waals surface area contributed by atoms with E-state index >= 15 is 0 Å². The number of carbonyl (C=O) groups is 1. The minimum Gasteiger partial charge on any atom is -0.477 e. The summed E-state index contributed by atoms with van der Waals surface area (Å²) < 4.78 is 19.2. The third-order valence-electron chi connectivity index (χ3n) is 6.12. The molecule has 5 nitrogen and oxygen atoms in total. The monoisotopic (exact) mass is 499 g/mol. The molecule has 0 saturated heterocycles. The maximum atomic E-state index is 13.8. The van der Waals surface area contributed by atoms with Crippen molar-refractivity contribution in [1.82, 2.24) is 14.9 Å². The van der Waals surface area contributed by atoms with Gasteiger partial charge in [0, 0.05) is 41.7 Å². The molecule has 2 unspecified atom stereocenters. The van der Waals surface area contributed by atoms with Crippen LogP contribution in [0.3, 0.4) is 0 Å². The van der Waals surface area contributed by atoms with Crippen LogP contribution in [-0.4, -0.2) is 40.5 Å². The molecule has 3 rings (SSSR count). The van der Waals surface area contributed by atoms with E-state index in [9.17, 15) is 9.18 Å². The Labute approximate surface area is 213 Å². The van der Waals surface area contributed by atoms with Crippen LogP contribution in [0, 0.1) is 18.2 Å². The summed E-state index contributed by atoms with van der Waals surface area (Å²) in [6.07, 6.45) is 5.50. The second kappa shape index (κ2) is 13.3. The molecule has 0 radical (unpaired) electrons. The maximum absolute atomic E-state index is 13.8. The molecule has 2 aromatic heterocycles. The molecule has 1 aromatic carbocycles. The second-order valence-corrected chi connectivity index (χ2v) is 9.63. The molecular weight excluding hydrogens is 461 g/mol. The first kappa shape index (κ1) is 28.4. The number of aryl methyl sites for hydroxylation is 1. The molecule has 0 bridgehead atoms. The number of hydrogen-bond donors (Lipinski definition) is 0. The van der Waals surface area contributed by atoms with E-state index in [-0.39, 0.29) is 17.4 Å². The fraction of sp³-hybridized carbons (Fsp3) is 0.464. The minimum atomic E-state index is -0.398. The van der Waals surface area contributed by atoms with Gasteiger partial charge in [0.15, 0.2) is 0 Å². The number of carbonyl (C=O) groups excluding carboxylic acids is 1. The molecular formula is C28H38FN3O2S. The highest BCUT2D eigenvalue weighted by molar-refractivity contribution is 7.13. The van der Waals surface area contributed by atoms with Crippen molar-refractivity contribution in [1.29, 1.82) is 0 Å². The molecule has 0 aliphatic heterocycles. The lowest BCUT2D eigenvalue weighted by atomic mass is 9.76. The van der Waals surface area contributed by atoms with Crippen molar-refractivity contribution < 1.29 is 13.9 Å². The van der Waals surface area contributed by atoms with E-state index in [0.29, 0.717) is 18.1 Å². The van der Waals surface area contributed by atoms with Crippen molar-refractivity contribution in [3.63, 3.8) is 0 Å². The van der Waals surface area contributed by atoms with Gasteiger partial charge in [0.05, 0.1) is 18.4 Å². The first-order valence-electron chi connectivity index (χ1n) is 12.3. The van der Waals surface area contributed by atoms with Crippen molar-refractivity contribution in [2.24, 2.45) is 5.41 Å². The molecule has 190 valence electrons. The smallest absolute Gasteiger partial charge is 0.254 e. The largest absolute Gasteiger partial charge is 0.477 e. The van der Waals surface area contributed by atoms with Gasteiger partial charge in [-0.2, -0.15) is 0 Å². The fourth-order valence-electron chi connectivity index (χ4n) is 4.54. The molecule has 0 aliphatic carbocycles. The Morgan fingerprint density at radius 1 is 1.20 bits per heavy atom. The summed E-state index contributed by atoms with van der Waals surface area (Å²) in [7, 11) is 1.87. The molecule has 0 spiro atoms. The Kier molecular flexibility index (Phi) is 10.8. The van der Waals surface area contributed by atoms with Gasteiger partial charge in [-0.1, -0.05) is 58.7 Å². The Bertz CT molecular complexity index is 1060. The molecule has 2 heterocycles. The summed E-state index contributed by atoms with van der Waals surface area (Å²) in [6.45, 7) is 12.7. The number of halogens is 1. The highest BCUT2D eigenvalue weighted by Gasteiger charge is 2.38. The van der Waals surface area contributed by atoms with Crippen molar-refractivity contribution in [2.75, 3.05) is 13.7 Å². The number of ether oxygens (including phenoxy) is 1. The van der Waals surface area contributed by atoms with Gasteiger partial charge in [-0.15, -0.1) is 11.3 Å². The van der Waals surface area contributed by atoms with E-state index in [0.717, 1.165) is 41.6 Å². The van der Waals surface area contributed by atoms with Gasteiger partial charge in [0.2, 0.25) is 5.88 Å². The zero-order valence-electron chi connectivity index (χ0n) is 22.0. The fourth-order valence-corrected chi connectivity index (χ4v) is 5.21. The van der Waals surface area contributed by atoms with Gasteiger partial charge in [0.1, 0.15) is 10.8 Å². The van der Waals surface area contributed by atoms with Crippen LogP contribution in [0.15, 0.2) is 48.1 Å². The lowest BCUT2D eigenvalue weighted by Crippen LogP contribution is -2.50. The molecule has 0 aliphatic rings. The summed E-state index contributed by atoms with van der Waals surface area (Å²) >= 11 is 1.52. The lowest BCUT2D eigenvalue weighted by Gasteiger charge is -2.42. The predicted octanol–water partition coefficient (Wildman–Crippen LogP) is 7.41. The SMILES string of the molecule is CC.CCCC(C)(COc1ccc(F)cn1)C(CC)N(C)C(=O)c1cc(C)ccc1-c1nccs1. The molecule has 0 saturated carbocycles. The summed E-state index contributed by atoms with van der Waals surface area (Å²) in [4.78, 5) is 24.1. The molecule has 2 atom stereocenters. The normalized spacial score (nSPS) is 13.3. The Balaban J connectivity index is 0.00000210. The summed E-state index contributed by atoms with van der Waals surface area (Å²) in [6, 6.07) is 8.74. The number of hydrogen-bond acceptors (Lipinski definition) is 5. The molecule has 1 amide bonds. The quantitative estimate of drug-likeness (QED) is 0.291. The average Bonchev–Trinajstić information content (AvgIpc) is 3.40. The van der Waals surface area contributed by atoms with E-state index < -0.39 is 5.82 Å². The summed E-state index contributed by atoms with van der Waals surface area (Å²) in [5.41, 5.74) is 2.23. The van der Waals surface area contributed by atoms with E-state index in [1.165, 1.54) is 23.5 Å². The van der Waals surface area contributed by atoms with Crippen LogP contribution in [0.1, 0.15) is 69.8 Å². The first-order valence-corrected chi connectivity index (χ1v) is 13.2. The highest BCUT2D eigenvalue weighted by Crippen LogP contribution is 2.35. The number of pyridine rings is 1. The predicted molar refractivity (Wildman–Crippen MR) is 143 cm³/mol. The molecule has 0 N–H and O–H groups in total. The number of aromatic nitrogens is 2. The number of thiazole rings is 1. The Morgan fingerprint density at radius 3 is 2.51 bits per heavy atom. The summed E-state index contributed by atoms with van der Waals surface area (Å²) in [5.74, 6) is -0.0464. The van der Waals surface area contributed by atoms with Crippen LogP contribution in [0.4, 0.5) is 4.39 Å². The Hall–Kier alpha value is -2.80. The molecule has 3 aromatic rings. The van der Waals surface area contributed by atoms with Gasteiger partial charge >= 0.3 is 0 Å². The van der Waals surface area contributed by atoms with E-state index in [1.54, 1.807) is 6.20 Å². The second-order valence-electron chi connectivity index (χ2n) is 8.73. The lowest BCUT2D eigenvalue weighted by molar-refractivity contribution is 0.0295. The molecule has 0 fully saturated rings. The van der Waals surface area contributed by atoms with Crippen LogP contribution in [-0.2, 0) is 0 Å².